The molecule has 2 rings (SSSR count). The Morgan fingerprint density at radius 3 is 3.00 bits per heavy atom. The molecular formula is C13H16BrNOS. The van der Waals surface area contributed by atoms with E-state index in [1.807, 2.05) is 12.1 Å². The molecule has 2 aromatic heterocycles. The molecule has 17 heavy (non-hydrogen) atoms. The number of rotatable bonds is 6. The van der Waals surface area contributed by atoms with E-state index in [0.717, 1.165) is 29.6 Å². The van der Waals surface area contributed by atoms with Gasteiger partial charge in [-0.15, -0.1) is 11.3 Å². The van der Waals surface area contributed by atoms with Crippen LogP contribution >= 0.6 is 27.3 Å². The highest BCUT2D eigenvalue weighted by molar-refractivity contribution is 9.10. The summed E-state index contributed by atoms with van der Waals surface area (Å²) in [4.78, 5) is 1.35. The van der Waals surface area contributed by atoms with Crippen LogP contribution in [-0.4, -0.2) is 6.54 Å². The van der Waals surface area contributed by atoms with E-state index in [9.17, 15) is 0 Å². The van der Waals surface area contributed by atoms with Crippen molar-refractivity contribution >= 4 is 27.3 Å². The van der Waals surface area contributed by atoms with E-state index in [0.29, 0.717) is 6.04 Å². The highest BCUT2D eigenvalue weighted by Gasteiger charge is 2.14. The average molecular weight is 314 g/mol. The molecule has 2 heterocycles. The molecule has 2 nitrogen and oxygen atoms in total. The molecule has 0 spiro atoms. The maximum absolute atomic E-state index is 5.43. The largest absolute Gasteiger partial charge is 0.469 e. The lowest BCUT2D eigenvalue weighted by Crippen LogP contribution is -2.23. The maximum Gasteiger partial charge on any atom is 0.105 e. The molecule has 0 saturated carbocycles. The second kappa shape index (κ2) is 6.38. The van der Waals surface area contributed by atoms with Crippen LogP contribution in [-0.2, 0) is 6.42 Å². The van der Waals surface area contributed by atoms with Crippen molar-refractivity contribution in [2.24, 2.45) is 0 Å². The molecule has 0 aliphatic heterocycles. The fraction of sp³-hybridized carbons (Fsp3) is 0.385. The second-order valence-electron chi connectivity index (χ2n) is 3.96. The van der Waals surface area contributed by atoms with Crippen molar-refractivity contribution in [3.8, 4) is 0 Å². The summed E-state index contributed by atoms with van der Waals surface area (Å²) in [6, 6.07) is 6.50. The van der Waals surface area contributed by atoms with Crippen LogP contribution < -0.4 is 5.32 Å². The summed E-state index contributed by atoms with van der Waals surface area (Å²) in [6.07, 6.45) is 3.78. The van der Waals surface area contributed by atoms with Crippen LogP contribution in [0.3, 0.4) is 0 Å². The van der Waals surface area contributed by atoms with E-state index >= 15 is 0 Å². The first-order valence-corrected chi connectivity index (χ1v) is 7.46. The summed E-state index contributed by atoms with van der Waals surface area (Å²) in [5, 5.41) is 5.69. The predicted molar refractivity (Wildman–Crippen MR) is 75.5 cm³/mol. The molecule has 0 aliphatic rings. The lowest BCUT2D eigenvalue weighted by atomic mass is 10.1. The SMILES string of the molecule is CCCNC(Cc1ccco1)c1cc(Br)cs1. The van der Waals surface area contributed by atoms with Gasteiger partial charge in [-0.05, 0) is 47.1 Å². The van der Waals surface area contributed by atoms with Crippen LogP contribution in [0.2, 0.25) is 0 Å². The monoisotopic (exact) mass is 313 g/mol. The van der Waals surface area contributed by atoms with Crippen LogP contribution in [0, 0.1) is 0 Å². The van der Waals surface area contributed by atoms with Gasteiger partial charge in [0.15, 0.2) is 0 Å². The summed E-state index contributed by atoms with van der Waals surface area (Å²) in [5.41, 5.74) is 0. The predicted octanol–water partition coefficient (Wildman–Crippen LogP) is 4.39. The smallest absolute Gasteiger partial charge is 0.105 e. The fourth-order valence-electron chi connectivity index (χ4n) is 1.73. The second-order valence-corrected chi connectivity index (χ2v) is 5.82. The van der Waals surface area contributed by atoms with E-state index < -0.39 is 0 Å². The highest BCUT2D eigenvalue weighted by atomic mass is 79.9. The highest BCUT2D eigenvalue weighted by Crippen LogP contribution is 2.28. The first-order chi connectivity index (χ1) is 8.29. The molecule has 0 aromatic carbocycles. The molecular weight excluding hydrogens is 298 g/mol. The molecule has 4 heteroatoms. The van der Waals surface area contributed by atoms with Gasteiger partial charge in [0.2, 0.25) is 0 Å². The molecule has 1 unspecified atom stereocenters. The summed E-state index contributed by atoms with van der Waals surface area (Å²) in [6.45, 7) is 3.21. The molecule has 0 bridgehead atoms. The van der Waals surface area contributed by atoms with Crippen LogP contribution in [0.1, 0.15) is 30.0 Å². The van der Waals surface area contributed by atoms with Crippen molar-refractivity contribution in [2.75, 3.05) is 6.54 Å². The number of nitrogens with one attached hydrogen (secondary N) is 1. The zero-order valence-electron chi connectivity index (χ0n) is 9.78. The van der Waals surface area contributed by atoms with Crippen molar-refractivity contribution in [2.45, 2.75) is 25.8 Å². The molecule has 0 fully saturated rings. The Balaban J connectivity index is 2.07. The number of hydrogen-bond acceptors (Lipinski definition) is 3. The van der Waals surface area contributed by atoms with Gasteiger partial charge in [0.25, 0.3) is 0 Å². The van der Waals surface area contributed by atoms with Gasteiger partial charge in [-0.25, -0.2) is 0 Å². The Hall–Kier alpha value is -0.580. The molecule has 0 saturated heterocycles. The van der Waals surface area contributed by atoms with Gasteiger partial charge in [-0.3, -0.25) is 0 Å². The van der Waals surface area contributed by atoms with Crippen molar-refractivity contribution in [3.63, 3.8) is 0 Å². The maximum atomic E-state index is 5.43. The summed E-state index contributed by atoms with van der Waals surface area (Å²) >= 11 is 5.28. The number of halogens is 1. The minimum atomic E-state index is 0.345. The van der Waals surface area contributed by atoms with Crippen molar-refractivity contribution in [1.82, 2.24) is 5.32 Å². The quantitative estimate of drug-likeness (QED) is 0.855. The van der Waals surface area contributed by atoms with E-state index in [1.54, 1.807) is 17.6 Å². The van der Waals surface area contributed by atoms with E-state index in [-0.39, 0.29) is 0 Å². The van der Waals surface area contributed by atoms with Crippen LogP contribution in [0.15, 0.2) is 38.7 Å². The van der Waals surface area contributed by atoms with Crippen molar-refractivity contribution < 1.29 is 4.42 Å². The third-order valence-electron chi connectivity index (χ3n) is 2.56. The molecule has 92 valence electrons. The molecule has 1 N–H and O–H groups in total. The third-order valence-corrected chi connectivity index (χ3v) is 4.36. The molecule has 1 atom stereocenters. The van der Waals surface area contributed by atoms with Gasteiger partial charge in [0.1, 0.15) is 5.76 Å². The normalized spacial score (nSPS) is 12.8. The third kappa shape index (κ3) is 3.69. The number of thiophene rings is 1. The summed E-state index contributed by atoms with van der Waals surface area (Å²) < 4.78 is 6.58. The summed E-state index contributed by atoms with van der Waals surface area (Å²) in [7, 11) is 0. The Morgan fingerprint density at radius 2 is 2.41 bits per heavy atom. The average Bonchev–Trinajstić information content (AvgIpc) is 2.95. The van der Waals surface area contributed by atoms with Crippen molar-refractivity contribution in [1.29, 1.82) is 0 Å². The van der Waals surface area contributed by atoms with Crippen LogP contribution in [0.25, 0.3) is 0 Å². The number of hydrogen-bond donors (Lipinski definition) is 1. The molecule has 0 radical (unpaired) electrons. The first kappa shape index (κ1) is 12.9. The Kier molecular flexibility index (Phi) is 4.83. The molecule has 2 aromatic rings. The Labute approximate surface area is 114 Å². The van der Waals surface area contributed by atoms with Crippen molar-refractivity contribution in [3.05, 3.63) is 45.0 Å². The van der Waals surface area contributed by atoms with Gasteiger partial charge >= 0.3 is 0 Å². The van der Waals surface area contributed by atoms with E-state index in [4.69, 9.17) is 4.42 Å². The lowest BCUT2D eigenvalue weighted by molar-refractivity contribution is 0.452. The molecule has 0 amide bonds. The van der Waals surface area contributed by atoms with E-state index in [1.165, 1.54) is 4.88 Å². The fourth-order valence-corrected chi connectivity index (χ4v) is 3.25. The van der Waals surface area contributed by atoms with Crippen LogP contribution in [0.4, 0.5) is 0 Å². The molecule has 0 aliphatic carbocycles. The minimum absolute atomic E-state index is 0.345. The topological polar surface area (TPSA) is 25.2 Å². The van der Waals surface area contributed by atoms with Gasteiger partial charge in [-0.2, -0.15) is 0 Å². The zero-order chi connectivity index (χ0) is 12.1. The van der Waals surface area contributed by atoms with Gasteiger partial charge in [0, 0.05) is 27.2 Å². The standard InChI is InChI=1S/C13H16BrNOS/c1-2-5-15-12(8-11-4-3-6-16-11)13-7-10(14)9-17-13/h3-4,6-7,9,12,15H,2,5,8H2,1H3. The zero-order valence-corrected chi connectivity index (χ0v) is 12.2. The number of furan rings is 1. The Bertz CT molecular complexity index is 438. The van der Waals surface area contributed by atoms with Crippen LogP contribution in [0.5, 0.6) is 0 Å². The van der Waals surface area contributed by atoms with Gasteiger partial charge < -0.3 is 9.73 Å². The summed E-state index contributed by atoms with van der Waals surface area (Å²) in [5.74, 6) is 1.03. The lowest BCUT2D eigenvalue weighted by Gasteiger charge is -2.15. The van der Waals surface area contributed by atoms with E-state index in [2.05, 4.69) is 39.6 Å². The minimum Gasteiger partial charge on any atom is -0.469 e. The van der Waals surface area contributed by atoms with Gasteiger partial charge in [-0.1, -0.05) is 6.92 Å². The Morgan fingerprint density at radius 1 is 1.53 bits per heavy atom. The first-order valence-electron chi connectivity index (χ1n) is 5.79. The van der Waals surface area contributed by atoms with Gasteiger partial charge in [0.05, 0.1) is 6.26 Å².